The van der Waals surface area contributed by atoms with Gasteiger partial charge in [-0.25, -0.2) is 0 Å². The minimum absolute atomic E-state index is 0.000370. The Morgan fingerprint density at radius 1 is 0.875 bits per heavy atom. The molecule has 0 bridgehead atoms. The second-order valence-corrected chi connectivity index (χ2v) is 8.65. The number of carbonyl (C=O) groups is 2. The summed E-state index contributed by atoms with van der Waals surface area (Å²) < 4.78 is 12.7. The molecule has 0 radical (unpaired) electrons. The Labute approximate surface area is 141 Å². The maximum absolute atomic E-state index is 12.7. The summed E-state index contributed by atoms with van der Waals surface area (Å²) in [7, 11) is -2.94. The summed E-state index contributed by atoms with van der Waals surface area (Å²) >= 11 is 0. The number of nitrogens with one attached hydrogen (secondary N) is 2. The largest absolute Gasteiger partial charge is 0.481 e. The highest BCUT2D eigenvalue weighted by atomic mass is 31.2. The van der Waals surface area contributed by atoms with E-state index in [2.05, 4.69) is 10.6 Å². The molecule has 0 spiro atoms. The monoisotopic (exact) mass is 356 g/mol. The summed E-state index contributed by atoms with van der Waals surface area (Å²) in [5, 5.41) is 24.3. The van der Waals surface area contributed by atoms with Crippen LogP contribution in [-0.2, 0) is 14.2 Å². The number of piperazine rings is 1. The lowest BCUT2D eigenvalue weighted by Crippen LogP contribution is -2.39. The molecular formula is C16H25N2O5P. The van der Waals surface area contributed by atoms with Gasteiger partial charge in [0.05, 0.1) is 12.8 Å². The smallest absolute Gasteiger partial charge is 0.303 e. The highest BCUT2D eigenvalue weighted by Gasteiger charge is 2.26. The third-order valence-electron chi connectivity index (χ3n) is 3.56. The first-order chi connectivity index (χ1) is 11.4. The van der Waals surface area contributed by atoms with Gasteiger partial charge in [0.15, 0.2) is 0 Å². The first-order valence-corrected chi connectivity index (χ1v) is 10.0. The second-order valence-electron chi connectivity index (χ2n) is 5.46. The van der Waals surface area contributed by atoms with Gasteiger partial charge in [-0.05, 0) is 0 Å². The summed E-state index contributed by atoms with van der Waals surface area (Å²) in [4.78, 5) is 21.2. The van der Waals surface area contributed by atoms with E-state index < -0.39 is 19.1 Å². The molecule has 1 aromatic carbocycles. The van der Waals surface area contributed by atoms with Crippen LogP contribution in [0.2, 0.25) is 0 Å². The lowest BCUT2D eigenvalue weighted by Gasteiger charge is -2.16. The van der Waals surface area contributed by atoms with Crippen LogP contribution in [0.25, 0.3) is 0 Å². The van der Waals surface area contributed by atoms with Crippen molar-refractivity contribution < 1.29 is 24.4 Å². The maximum atomic E-state index is 12.7. The van der Waals surface area contributed by atoms with Crippen LogP contribution in [0.5, 0.6) is 0 Å². The summed E-state index contributed by atoms with van der Waals surface area (Å²) in [6.45, 7) is 4.56. The zero-order valence-electron chi connectivity index (χ0n) is 13.6. The van der Waals surface area contributed by atoms with Crippen LogP contribution in [0, 0.1) is 0 Å². The van der Waals surface area contributed by atoms with Crippen LogP contribution >= 0.6 is 7.14 Å². The van der Waals surface area contributed by atoms with Crippen molar-refractivity contribution in [2.45, 2.75) is 12.8 Å². The van der Waals surface area contributed by atoms with Gasteiger partial charge in [0, 0.05) is 43.8 Å². The number of carboxylic acid groups (broad SMARTS) is 2. The molecule has 4 N–H and O–H groups in total. The quantitative estimate of drug-likeness (QED) is 0.534. The Morgan fingerprint density at radius 3 is 1.62 bits per heavy atom. The third kappa shape index (κ3) is 8.24. The highest BCUT2D eigenvalue weighted by molar-refractivity contribution is 7.71. The molecule has 1 aliphatic heterocycles. The van der Waals surface area contributed by atoms with E-state index in [0.29, 0.717) is 5.30 Å². The lowest BCUT2D eigenvalue weighted by atomic mass is 10.4. The molecule has 0 saturated carbocycles. The van der Waals surface area contributed by atoms with Crippen molar-refractivity contribution in [1.82, 2.24) is 10.6 Å². The predicted octanol–water partition coefficient (Wildman–Crippen LogP) is 0.804. The number of aliphatic carboxylic acids is 2. The Morgan fingerprint density at radius 2 is 1.29 bits per heavy atom. The molecule has 134 valence electrons. The molecule has 2 rings (SSSR count). The molecule has 24 heavy (non-hydrogen) atoms. The second kappa shape index (κ2) is 11.0. The maximum Gasteiger partial charge on any atom is 0.303 e. The van der Waals surface area contributed by atoms with Gasteiger partial charge in [0.1, 0.15) is 7.14 Å². The van der Waals surface area contributed by atoms with E-state index in [4.69, 9.17) is 10.2 Å². The van der Waals surface area contributed by atoms with Crippen molar-refractivity contribution >= 4 is 24.4 Å². The van der Waals surface area contributed by atoms with Gasteiger partial charge in [0.25, 0.3) is 0 Å². The van der Waals surface area contributed by atoms with Gasteiger partial charge >= 0.3 is 11.9 Å². The minimum Gasteiger partial charge on any atom is -0.481 e. The van der Waals surface area contributed by atoms with Crippen molar-refractivity contribution in [3.05, 3.63) is 30.3 Å². The topological polar surface area (TPSA) is 116 Å². The van der Waals surface area contributed by atoms with E-state index in [-0.39, 0.29) is 25.2 Å². The molecule has 0 aromatic heterocycles. The predicted molar refractivity (Wildman–Crippen MR) is 93.7 cm³/mol. The van der Waals surface area contributed by atoms with Crippen LogP contribution < -0.4 is 15.9 Å². The van der Waals surface area contributed by atoms with E-state index in [0.717, 1.165) is 26.2 Å². The summed E-state index contributed by atoms with van der Waals surface area (Å²) in [6, 6.07) is 8.50. The number of hydrogen-bond donors (Lipinski definition) is 4. The molecule has 0 atom stereocenters. The van der Waals surface area contributed by atoms with E-state index in [1.165, 1.54) is 0 Å². The first-order valence-electron chi connectivity index (χ1n) is 7.93. The van der Waals surface area contributed by atoms with E-state index in [1.807, 2.05) is 0 Å². The SMILES string of the molecule is C1CNCCN1.O=C(O)CCP(=O)(CCC(=O)O)c1ccccc1. The first kappa shape index (κ1) is 20.4. The van der Waals surface area contributed by atoms with Crippen LogP contribution in [0.15, 0.2) is 30.3 Å². The van der Waals surface area contributed by atoms with Gasteiger partial charge in [-0.3, -0.25) is 9.59 Å². The number of benzene rings is 1. The Balaban J connectivity index is 0.000000400. The molecule has 7 nitrogen and oxygen atoms in total. The third-order valence-corrected chi connectivity index (χ3v) is 6.69. The Kier molecular flexibility index (Phi) is 9.30. The van der Waals surface area contributed by atoms with Crippen LogP contribution in [0.1, 0.15) is 12.8 Å². The molecule has 1 aromatic rings. The molecular weight excluding hydrogens is 331 g/mol. The fourth-order valence-corrected chi connectivity index (χ4v) is 4.79. The van der Waals surface area contributed by atoms with Gasteiger partial charge in [-0.15, -0.1) is 0 Å². The average molecular weight is 356 g/mol. The average Bonchev–Trinajstić information content (AvgIpc) is 2.61. The summed E-state index contributed by atoms with van der Waals surface area (Å²) in [5.41, 5.74) is 0. The number of hydrogen-bond acceptors (Lipinski definition) is 5. The zero-order valence-corrected chi connectivity index (χ0v) is 14.5. The molecule has 1 fully saturated rings. The minimum atomic E-state index is -2.94. The number of rotatable bonds is 7. The van der Waals surface area contributed by atoms with E-state index >= 15 is 0 Å². The Bertz CT molecular complexity index is 527. The zero-order chi connectivity index (χ0) is 17.8. The van der Waals surface area contributed by atoms with Gasteiger partial charge in [0.2, 0.25) is 0 Å². The molecule has 1 heterocycles. The van der Waals surface area contributed by atoms with Crippen LogP contribution in [0.3, 0.4) is 0 Å². The molecule has 1 aliphatic rings. The highest BCUT2D eigenvalue weighted by Crippen LogP contribution is 2.45. The normalized spacial score (nSPS) is 14.3. The molecule has 1 saturated heterocycles. The van der Waals surface area contributed by atoms with E-state index in [1.54, 1.807) is 30.3 Å². The number of carboxylic acids is 2. The standard InChI is InChI=1S/C12H15O5P.C4H10N2/c13-11(14)6-8-18(17,9-7-12(15)16)10-4-2-1-3-5-10;1-2-6-4-3-5-1/h1-5H,6-9H2,(H,13,14)(H,15,16);5-6H,1-4H2. The van der Waals surface area contributed by atoms with Crippen LogP contribution in [0.4, 0.5) is 0 Å². The molecule has 0 unspecified atom stereocenters. The van der Waals surface area contributed by atoms with Gasteiger partial charge < -0.3 is 25.4 Å². The fraction of sp³-hybridized carbons (Fsp3) is 0.500. The summed E-state index contributed by atoms with van der Waals surface area (Å²) in [6.07, 6.45) is -0.434. The summed E-state index contributed by atoms with van der Waals surface area (Å²) in [5.74, 6) is -2.05. The van der Waals surface area contributed by atoms with E-state index in [9.17, 15) is 14.2 Å². The molecule has 0 aliphatic carbocycles. The van der Waals surface area contributed by atoms with Crippen molar-refractivity contribution in [3.63, 3.8) is 0 Å². The van der Waals surface area contributed by atoms with Crippen molar-refractivity contribution in [3.8, 4) is 0 Å². The van der Waals surface area contributed by atoms with Crippen molar-refractivity contribution in [2.24, 2.45) is 0 Å². The van der Waals surface area contributed by atoms with Crippen LogP contribution in [-0.4, -0.2) is 60.7 Å². The van der Waals surface area contributed by atoms with Gasteiger partial charge in [-0.2, -0.15) is 0 Å². The van der Waals surface area contributed by atoms with Crippen molar-refractivity contribution in [2.75, 3.05) is 38.5 Å². The van der Waals surface area contributed by atoms with Crippen molar-refractivity contribution in [1.29, 1.82) is 0 Å². The lowest BCUT2D eigenvalue weighted by molar-refractivity contribution is -0.137. The Hall–Kier alpha value is -1.69. The fourth-order valence-electron chi connectivity index (χ4n) is 2.23. The molecule has 0 amide bonds. The molecule has 8 heteroatoms. The van der Waals surface area contributed by atoms with Gasteiger partial charge in [-0.1, -0.05) is 30.3 Å².